The lowest BCUT2D eigenvalue weighted by Gasteiger charge is -2.11. The summed E-state index contributed by atoms with van der Waals surface area (Å²) in [6.07, 6.45) is 2.64. The number of anilines is 2. The van der Waals surface area contributed by atoms with Crippen molar-refractivity contribution in [1.29, 1.82) is 0 Å². The van der Waals surface area contributed by atoms with Crippen LogP contribution in [0.4, 0.5) is 15.8 Å². The molecule has 0 fully saturated rings. The molecule has 1 aromatic carbocycles. The standard InChI is InChI=1S/C14H15ClFN3/c1-2-9-4-3-5-18-14(9)8-19-13-7-11(16)10(15)6-12(13)17/h3-7,19H,2,8,17H2,1H3. The summed E-state index contributed by atoms with van der Waals surface area (Å²) in [5.41, 5.74) is 8.82. The topological polar surface area (TPSA) is 50.9 Å². The van der Waals surface area contributed by atoms with Crippen LogP contribution in [-0.4, -0.2) is 4.98 Å². The predicted molar refractivity (Wildman–Crippen MR) is 76.8 cm³/mol. The number of nitrogens with two attached hydrogens (primary N) is 1. The Hall–Kier alpha value is -1.81. The minimum Gasteiger partial charge on any atom is -0.397 e. The zero-order valence-corrected chi connectivity index (χ0v) is 11.3. The summed E-state index contributed by atoms with van der Waals surface area (Å²) < 4.78 is 13.4. The molecular formula is C14H15ClFN3. The van der Waals surface area contributed by atoms with Crippen molar-refractivity contribution >= 4 is 23.0 Å². The third kappa shape index (κ3) is 3.15. The number of aryl methyl sites for hydroxylation is 1. The molecule has 100 valence electrons. The summed E-state index contributed by atoms with van der Waals surface area (Å²) in [6, 6.07) is 6.62. The van der Waals surface area contributed by atoms with Crippen LogP contribution in [0, 0.1) is 5.82 Å². The molecule has 0 spiro atoms. The lowest BCUT2D eigenvalue weighted by Crippen LogP contribution is -2.07. The van der Waals surface area contributed by atoms with Gasteiger partial charge in [-0.1, -0.05) is 24.6 Å². The predicted octanol–water partition coefficient (Wildman–Crippen LogP) is 3.63. The summed E-state index contributed by atoms with van der Waals surface area (Å²) in [6.45, 7) is 2.56. The number of rotatable bonds is 4. The van der Waals surface area contributed by atoms with Crippen LogP contribution in [-0.2, 0) is 13.0 Å². The van der Waals surface area contributed by atoms with Gasteiger partial charge in [0.2, 0.25) is 0 Å². The van der Waals surface area contributed by atoms with Gasteiger partial charge in [0.15, 0.2) is 0 Å². The number of hydrogen-bond acceptors (Lipinski definition) is 3. The number of nitrogens with one attached hydrogen (secondary N) is 1. The van der Waals surface area contributed by atoms with E-state index < -0.39 is 5.82 Å². The fourth-order valence-electron chi connectivity index (χ4n) is 1.85. The first-order valence-corrected chi connectivity index (χ1v) is 6.40. The van der Waals surface area contributed by atoms with E-state index in [2.05, 4.69) is 17.2 Å². The van der Waals surface area contributed by atoms with Gasteiger partial charge in [-0.05, 0) is 24.1 Å². The first-order valence-electron chi connectivity index (χ1n) is 6.03. The van der Waals surface area contributed by atoms with E-state index in [9.17, 15) is 4.39 Å². The Bertz CT molecular complexity index is 587. The highest BCUT2D eigenvalue weighted by molar-refractivity contribution is 6.31. The maximum Gasteiger partial charge on any atom is 0.143 e. The van der Waals surface area contributed by atoms with Gasteiger partial charge in [-0.2, -0.15) is 0 Å². The second kappa shape index (κ2) is 5.89. The number of nitrogen functional groups attached to an aromatic ring is 1. The number of hydrogen-bond donors (Lipinski definition) is 2. The molecule has 2 rings (SSSR count). The van der Waals surface area contributed by atoms with Gasteiger partial charge < -0.3 is 11.1 Å². The number of halogens is 2. The molecule has 0 saturated heterocycles. The molecule has 0 radical (unpaired) electrons. The Morgan fingerprint density at radius 3 is 2.95 bits per heavy atom. The zero-order chi connectivity index (χ0) is 13.8. The number of benzene rings is 1. The monoisotopic (exact) mass is 279 g/mol. The van der Waals surface area contributed by atoms with E-state index in [-0.39, 0.29) is 5.02 Å². The average molecular weight is 280 g/mol. The molecule has 0 aliphatic carbocycles. The van der Waals surface area contributed by atoms with Crippen molar-refractivity contribution in [3.8, 4) is 0 Å². The van der Waals surface area contributed by atoms with Crippen molar-refractivity contribution in [2.75, 3.05) is 11.1 Å². The maximum atomic E-state index is 13.4. The van der Waals surface area contributed by atoms with Gasteiger partial charge >= 0.3 is 0 Å². The minimum atomic E-state index is -0.491. The van der Waals surface area contributed by atoms with E-state index in [0.29, 0.717) is 17.9 Å². The third-order valence-corrected chi connectivity index (χ3v) is 3.19. The van der Waals surface area contributed by atoms with Gasteiger partial charge in [0, 0.05) is 12.3 Å². The Morgan fingerprint density at radius 2 is 2.21 bits per heavy atom. The Morgan fingerprint density at radius 1 is 1.42 bits per heavy atom. The van der Waals surface area contributed by atoms with Crippen LogP contribution in [0.2, 0.25) is 5.02 Å². The van der Waals surface area contributed by atoms with Crippen molar-refractivity contribution in [3.05, 3.63) is 52.6 Å². The van der Waals surface area contributed by atoms with Crippen LogP contribution < -0.4 is 11.1 Å². The van der Waals surface area contributed by atoms with Gasteiger partial charge in [-0.15, -0.1) is 0 Å². The molecule has 3 nitrogen and oxygen atoms in total. The van der Waals surface area contributed by atoms with E-state index in [1.165, 1.54) is 12.1 Å². The largest absolute Gasteiger partial charge is 0.397 e. The number of pyridine rings is 1. The van der Waals surface area contributed by atoms with E-state index in [1.807, 2.05) is 12.1 Å². The highest BCUT2D eigenvalue weighted by atomic mass is 35.5. The van der Waals surface area contributed by atoms with Crippen LogP contribution in [0.25, 0.3) is 0 Å². The van der Waals surface area contributed by atoms with Crippen molar-refractivity contribution in [2.45, 2.75) is 19.9 Å². The van der Waals surface area contributed by atoms with Gasteiger partial charge in [0.1, 0.15) is 5.82 Å². The fraction of sp³-hybridized carbons (Fsp3) is 0.214. The molecule has 1 heterocycles. The van der Waals surface area contributed by atoms with E-state index in [1.54, 1.807) is 6.20 Å². The summed E-state index contributed by atoms with van der Waals surface area (Å²) in [4.78, 5) is 4.31. The smallest absolute Gasteiger partial charge is 0.143 e. The minimum absolute atomic E-state index is 0.0233. The molecule has 0 aliphatic heterocycles. The second-order valence-electron chi connectivity index (χ2n) is 4.17. The van der Waals surface area contributed by atoms with Crippen molar-refractivity contribution in [2.24, 2.45) is 0 Å². The lowest BCUT2D eigenvalue weighted by molar-refractivity contribution is 0.629. The van der Waals surface area contributed by atoms with E-state index in [4.69, 9.17) is 17.3 Å². The number of nitrogens with zero attached hydrogens (tertiary/aromatic N) is 1. The van der Waals surface area contributed by atoms with Gasteiger partial charge in [-0.25, -0.2) is 4.39 Å². The van der Waals surface area contributed by atoms with Crippen LogP contribution in [0.1, 0.15) is 18.2 Å². The molecule has 19 heavy (non-hydrogen) atoms. The fourth-order valence-corrected chi connectivity index (χ4v) is 2.02. The van der Waals surface area contributed by atoms with Crippen molar-refractivity contribution in [3.63, 3.8) is 0 Å². The molecule has 0 amide bonds. The van der Waals surface area contributed by atoms with E-state index in [0.717, 1.165) is 17.7 Å². The van der Waals surface area contributed by atoms with Crippen LogP contribution >= 0.6 is 11.6 Å². The quantitative estimate of drug-likeness (QED) is 0.840. The van der Waals surface area contributed by atoms with E-state index >= 15 is 0 Å². The molecule has 1 aromatic heterocycles. The number of aromatic nitrogens is 1. The summed E-state index contributed by atoms with van der Waals surface area (Å²) in [7, 11) is 0. The van der Waals surface area contributed by atoms with Gasteiger partial charge in [0.05, 0.1) is 28.6 Å². The third-order valence-electron chi connectivity index (χ3n) is 2.90. The van der Waals surface area contributed by atoms with Crippen molar-refractivity contribution in [1.82, 2.24) is 4.98 Å². The summed E-state index contributed by atoms with van der Waals surface area (Å²) in [5.74, 6) is -0.491. The first kappa shape index (κ1) is 13.6. The zero-order valence-electron chi connectivity index (χ0n) is 10.6. The molecule has 5 heteroatoms. The average Bonchev–Trinajstić information content (AvgIpc) is 2.41. The summed E-state index contributed by atoms with van der Waals surface area (Å²) >= 11 is 5.66. The highest BCUT2D eigenvalue weighted by Crippen LogP contribution is 2.26. The normalized spacial score (nSPS) is 10.5. The van der Waals surface area contributed by atoms with Crippen molar-refractivity contribution < 1.29 is 4.39 Å². The van der Waals surface area contributed by atoms with Gasteiger partial charge in [-0.3, -0.25) is 4.98 Å². The maximum absolute atomic E-state index is 13.4. The van der Waals surface area contributed by atoms with Crippen LogP contribution in [0.15, 0.2) is 30.5 Å². The van der Waals surface area contributed by atoms with Crippen LogP contribution in [0.5, 0.6) is 0 Å². The Balaban J connectivity index is 2.17. The van der Waals surface area contributed by atoms with Gasteiger partial charge in [0.25, 0.3) is 0 Å². The highest BCUT2D eigenvalue weighted by Gasteiger charge is 2.07. The summed E-state index contributed by atoms with van der Waals surface area (Å²) in [5, 5.41) is 3.11. The Labute approximate surface area is 116 Å². The molecule has 0 unspecified atom stereocenters. The molecule has 0 atom stereocenters. The molecular weight excluding hydrogens is 265 g/mol. The SMILES string of the molecule is CCc1cccnc1CNc1cc(F)c(Cl)cc1N. The lowest BCUT2D eigenvalue weighted by atomic mass is 10.1. The van der Waals surface area contributed by atoms with Crippen LogP contribution in [0.3, 0.4) is 0 Å². The molecule has 0 aliphatic rings. The second-order valence-corrected chi connectivity index (χ2v) is 4.58. The molecule has 3 N–H and O–H groups in total. The first-order chi connectivity index (χ1) is 9.11. The molecule has 0 saturated carbocycles. The molecule has 2 aromatic rings. The molecule has 0 bridgehead atoms. The Kier molecular flexibility index (Phi) is 4.22.